The third-order valence-electron chi connectivity index (χ3n) is 1.65. The molecule has 17 heavy (non-hydrogen) atoms. The summed E-state index contributed by atoms with van der Waals surface area (Å²) in [6, 6.07) is 0. The van der Waals surface area contributed by atoms with Crippen LogP contribution in [0.4, 0.5) is 5.82 Å². The number of rotatable bonds is 6. The van der Waals surface area contributed by atoms with Crippen molar-refractivity contribution in [3.63, 3.8) is 0 Å². The van der Waals surface area contributed by atoms with E-state index in [1.165, 1.54) is 0 Å². The van der Waals surface area contributed by atoms with E-state index in [1.54, 1.807) is 6.92 Å². The molecule has 2 atom stereocenters. The predicted molar refractivity (Wildman–Crippen MR) is 58.2 cm³/mol. The highest BCUT2D eigenvalue weighted by atomic mass is 32.2. The molecule has 0 spiro atoms. The molecule has 0 aromatic carbocycles. The van der Waals surface area contributed by atoms with E-state index < -0.39 is 17.4 Å². The zero-order valence-electron chi connectivity index (χ0n) is 8.86. The van der Waals surface area contributed by atoms with Gasteiger partial charge in [-0.05, 0) is 17.2 Å². The monoisotopic (exact) mass is 264 g/mol. The Balaban J connectivity index is 2.58. The molecule has 0 aliphatic rings. The van der Waals surface area contributed by atoms with Crippen LogP contribution in [-0.2, 0) is 15.4 Å². The van der Waals surface area contributed by atoms with Gasteiger partial charge in [-0.1, -0.05) is 5.16 Å². The van der Waals surface area contributed by atoms with Crippen molar-refractivity contribution < 1.29 is 18.2 Å². The maximum absolute atomic E-state index is 10.6. The fraction of sp³-hybridized carbons (Fsp3) is 0.500. The van der Waals surface area contributed by atoms with Gasteiger partial charge in [0.1, 0.15) is 0 Å². The molecule has 0 saturated carbocycles. The highest BCUT2D eigenvalue weighted by Gasteiger charge is 2.15. The Morgan fingerprint density at radius 3 is 3.06 bits per heavy atom. The molecule has 96 valence electrons. The summed E-state index contributed by atoms with van der Waals surface area (Å²) in [5, 5.41) is 25.9. The number of anilines is 1. The summed E-state index contributed by atoms with van der Waals surface area (Å²) in [5.41, 5.74) is 5.39. The van der Waals surface area contributed by atoms with Crippen LogP contribution in [-0.4, -0.2) is 38.2 Å². The minimum atomic E-state index is -1.85. The van der Waals surface area contributed by atoms with Crippen molar-refractivity contribution in [1.82, 2.24) is 10.3 Å². The Labute approximate surface area is 98.7 Å². The molecular weight excluding hydrogens is 252 g/mol. The van der Waals surface area contributed by atoms with E-state index in [1.807, 2.05) is 0 Å². The van der Waals surface area contributed by atoms with Crippen molar-refractivity contribution in [3.05, 3.63) is 5.69 Å². The standard InChI is InChI=1S/C6H12N6O4S/c1-3(15-17(8)14)2-9-6-4(5(7)10-13)11-16-12-6/h3,13H,2,8H2,1H3,(H2,7,10)(H,9,12)/t3-,17?/m0/s1. The molecule has 1 heterocycles. The van der Waals surface area contributed by atoms with Crippen LogP contribution in [0.2, 0.25) is 0 Å². The van der Waals surface area contributed by atoms with Gasteiger partial charge in [-0.3, -0.25) is 4.18 Å². The Kier molecular flexibility index (Phi) is 4.81. The largest absolute Gasteiger partial charge is 0.409 e. The topological polar surface area (TPSA) is 162 Å². The van der Waals surface area contributed by atoms with Crippen molar-refractivity contribution in [1.29, 1.82) is 0 Å². The molecule has 1 aromatic heterocycles. The number of oxime groups is 1. The van der Waals surface area contributed by atoms with Gasteiger partial charge in [-0.15, -0.1) is 0 Å². The molecule has 0 aliphatic carbocycles. The van der Waals surface area contributed by atoms with Gasteiger partial charge in [0, 0.05) is 6.54 Å². The van der Waals surface area contributed by atoms with Crippen molar-refractivity contribution in [3.8, 4) is 0 Å². The average molecular weight is 264 g/mol. The van der Waals surface area contributed by atoms with Crippen LogP contribution in [0.5, 0.6) is 0 Å². The highest BCUT2D eigenvalue weighted by Crippen LogP contribution is 2.09. The van der Waals surface area contributed by atoms with Crippen LogP contribution >= 0.6 is 0 Å². The number of nitrogens with two attached hydrogens (primary N) is 2. The van der Waals surface area contributed by atoms with Crippen molar-refractivity contribution in [2.75, 3.05) is 11.9 Å². The third-order valence-corrected chi connectivity index (χ3v) is 2.17. The summed E-state index contributed by atoms with van der Waals surface area (Å²) in [6.45, 7) is 1.89. The second kappa shape index (κ2) is 6.12. The zero-order chi connectivity index (χ0) is 12.8. The number of amidine groups is 1. The summed E-state index contributed by atoms with van der Waals surface area (Å²) >= 11 is -1.85. The van der Waals surface area contributed by atoms with Crippen LogP contribution in [0.3, 0.4) is 0 Å². The maximum Gasteiger partial charge on any atom is 0.231 e. The lowest BCUT2D eigenvalue weighted by Gasteiger charge is -2.10. The van der Waals surface area contributed by atoms with Crippen LogP contribution in [0.25, 0.3) is 0 Å². The van der Waals surface area contributed by atoms with E-state index in [2.05, 4.69) is 25.4 Å². The van der Waals surface area contributed by atoms with E-state index in [9.17, 15) is 4.21 Å². The average Bonchev–Trinajstić information content (AvgIpc) is 2.72. The van der Waals surface area contributed by atoms with Crippen molar-refractivity contribution in [2.24, 2.45) is 16.0 Å². The lowest BCUT2D eigenvalue weighted by atomic mass is 10.3. The van der Waals surface area contributed by atoms with Gasteiger partial charge in [0.05, 0.1) is 6.10 Å². The van der Waals surface area contributed by atoms with Gasteiger partial charge >= 0.3 is 0 Å². The minimum Gasteiger partial charge on any atom is -0.409 e. The fourth-order valence-electron chi connectivity index (χ4n) is 0.956. The SMILES string of the molecule is C[C@@H](CNc1nonc1/C(N)=N/O)OS(N)=O. The Morgan fingerprint density at radius 1 is 1.76 bits per heavy atom. The molecule has 1 rings (SSSR count). The quantitative estimate of drug-likeness (QED) is 0.209. The van der Waals surface area contributed by atoms with Crippen molar-refractivity contribution >= 4 is 22.9 Å². The van der Waals surface area contributed by atoms with Gasteiger partial charge in [0.15, 0.2) is 11.5 Å². The van der Waals surface area contributed by atoms with Gasteiger partial charge in [-0.25, -0.2) is 14.0 Å². The van der Waals surface area contributed by atoms with E-state index in [0.29, 0.717) is 0 Å². The first-order valence-corrected chi connectivity index (χ1v) is 5.56. The van der Waals surface area contributed by atoms with E-state index in [4.69, 9.17) is 20.3 Å². The van der Waals surface area contributed by atoms with Crippen LogP contribution in [0.1, 0.15) is 12.6 Å². The second-order valence-electron chi connectivity index (χ2n) is 2.99. The summed E-state index contributed by atoms with van der Waals surface area (Å²) in [5.74, 6) is -0.0664. The Morgan fingerprint density at radius 2 is 2.47 bits per heavy atom. The Hall–Kier alpha value is -1.72. The first-order valence-electron chi connectivity index (χ1n) is 4.42. The third kappa shape index (κ3) is 3.97. The van der Waals surface area contributed by atoms with Crippen LogP contribution in [0, 0.1) is 0 Å². The lowest BCUT2D eigenvalue weighted by molar-refractivity contribution is 0.261. The molecule has 0 fully saturated rings. The molecule has 10 nitrogen and oxygen atoms in total. The summed E-state index contributed by atoms with van der Waals surface area (Å²) < 4.78 is 19.8. The second-order valence-corrected chi connectivity index (χ2v) is 3.71. The summed E-state index contributed by atoms with van der Waals surface area (Å²) in [7, 11) is 0. The maximum atomic E-state index is 10.6. The van der Waals surface area contributed by atoms with Gasteiger partial charge in [0.2, 0.25) is 17.1 Å². The molecule has 0 aliphatic heterocycles. The molecule has 0 radical (unpaired) electrons. The zero-order valence-corrected chi connectivity index (χ0v) is 9.68. The molecule has 0 amide bonds. The number of aromatic nitrogens is 2. The first kappa shape index (κ1) is 13.3. The van der Waals surface area contributed by atoms with Crippen LogP contribution in [0.15, 0.2) is 9.78 Å². The smallest absolute Gasteiger partial charge is 0.231 e. The number of nitrogens with one attached hydrogen (secondary N) is 1. The molecular formula is C6H12N6O4S. The minimum absolute atomic E-state index is 0.0635. The molecule has 6 N–H and O–H groups in total. The van der Waals surface area contributed by atoms with Crippen molar-refractivity contribution in [2.45, 2.75) is 13.0 Å². The molecule has 1 aromatic rings. The van der Waals surface area contributed by atoms with Crippen LogP contribution < -0.4 is 16.2 Å². The molecule has 0 saturated heterocycles. The number of hydrogen-bond acceptors (Lipinski definition) is 8. The predicted octanol–water partition coefficient (Wildman–Crippen LogP) is -1.48. The number of hydrogen-bond donors (Lipinski definition) is 4. The number of nitrogens with zero attached hydrogens (tertiary/aromatic N) is 3. The van der Waals surface area contributed by atoms with E-state index in [0.717, 1.165) is 0 Å². The van der Waals surface area contributed by atoms with Gasteiger partial charge < -0.3 is 16.3 Å². The highest BCUT2D eigenvalue weighted by molar-refractivity contribution is 7.77. The fourth-order valence-corrected chi connectivity index (χ4v) is 1.35. The normalized spacial score (nSPS) is 15.5. The molecule has 0 bridgehead atoms. The van der Waals surface area contributed by atoms with E-state index >= 15 is 0 Å². The Bertz CT molecular complexity index is 420. The molecule has 11 heteroatoms. The van der Waals surface area contributed by atoms with Gasteiger partial charge in [0.25, 0.3) is 0 Å². The summed E-state index contributed by atoms with van der Waals surface area (Å²) in [4.78, 5) is 0. The first-order chi connectivity index (χ1) is 8.04. The summed E-state index contributed by atoms with van der Waals surface area (Å²) in [6.07, 6.45) is -0.433. The van der Waals surface area contributed by atoms with E-state index in [-0.39, 0.29) is 23.9 Å². The van der Waals surface area contributed by atoms with Gasteiger partial charge in [-0.2, -0.15) is 0 Å². The lowest BCUT2D eigenvalue weighted by Crippen LogP contribution is -2.25. The molecule has 1 unspecified atom stereocenters.